The lowest BCUT2D eigenvalue weighted by molar-refractivity contribution is 0.429. The zero-order chi connectivity index (χ0) is 22.0. The third-order valence-electron chi connectivity index (χ3n) is 5.29. The molecule has 0 aliphatic rings. The molecule has 1 heterocycles. The van der Waals surface area contributed by atoms with Crippen molar-refractivity contribution >= 4 is 51.2 Å². The second-order valence-electron chi connectivity index (χ2n) is 7.24. The molecule has 4 aromatic rings. The summed E-state index contributed by atoms with van der Waals surface area (Å²) in [5.74, 6) is 0.0133. The minimum atomic E-state index is 0.0133. The van der Waals surface area contributed by atoms with Gasteiger partial charge >= 0.3 is 0 Å². The lowest BCUT2D eigenvalue weighted by Gasteiger charge is -2.09. The van der Waals surface area contributed by atoms with Gasteiger partial charge in [0.1, 0.15) is 0 Å². The summed E-state index contributed by atoms with van der Waals surface area (Å²) in [6, 6.07) is 21.1. The van der Waals surface area contributed by atoms with Crippen LogP contribution in [0.15, 0.2) is 77.0 Å². The molecule has 31 heavy (non-hydrogen) atoms. The summed E-state index contributed by atoms with van der Waals surface area (Å²) in [5, 5.41) is 24.1. The Hall–Kier alpha value is -3.22. The van der Waals surface area contributed by atoms with Crippen molar-refractivity contribution in [3.63, 3.8) is 0 Å². The summed E-state index contributed by atoms with van der Waals surface area (Å²) < 4.78 is 1.77. The van der Waals surface area contributed by atoms with Gasteiger partial charge in [-0.3, -0.25) is 0 Å². The lowest BCUT2D eigenvalue weighted by atomic mass is 10.1. The van der Waals surface area contributed by atoms with Crippen molar-refractivity contribution < 1.29 is 5.11 Å². The van der Waals surface area contributed by atoms with Crippen LogP contribution in [0.2, 0.25) is 5.02 Å². The largest absolute Gasteiger partial charge is 0.493 e. The van der Waals surface area contributed by atoms with E-state index in [0.717, 1.165) is 33.3 Å². The van der Waals surface area contributed by atoms with E-state index in [4.69, 9.17) is 23.8 Å². The number of nitrogens with one attached hydrogen (secondary N) is 1. The molecule has 0 unspecified atom stereocenters. The van der Waals surface area contributed by atoms with Crippen molar-refractivity contribution in [1.29, 1.82) is 0 Å². The predicted octanol–water partition coefficient (Wildman–Crippen LogP) is 7.15. The fourth-order valence-electron chi connectivity index (χ4n) is 3.45. The second-order valence-corrected chi connectivity index (χ2v) is 8.04. The first-order valence-corrected chi connectivity index (χ1v) is 10.6. The lowest BCUT2D eigenvalue weighted by Crippen LogP contribution is -2.06. The van der Waals surface area contributed by atoms with Crippen LogP contribution in [0.4, 0.5) is 11.4 Å². The van der Waals surface area contributed by atoms with Gasteiger partial charge in [0.15, 0.2) is 5.69 Å². The number of azo groups is 1. The van der Waals surface area contributed by atoms with Crippen LogP contribution in [0.3, 0.4) is 0 Å². The summed E-state index contributed by atoms with van der Waals surface area (Å²) in [6.07, 6.45) is 0. The van der Waals surface area contributed by atoms with Gasteiger partial charge < -0.3 is 15.0 Å². The van der Waals surface area contributed by atoms with E-state index < -0.39 is 0 Å². The van der Waals surface area contributed by atoms with Crippen LogP contribution in [0, 0.1) is 13.8 Å². The number of hydrogen-bond acceptors (Lipinski definition) is 3. The number of anilines is 1. The van der Waals surface area contributed by atoms with Gasteiger partial charge in [-0.15, -0.1) is 10.2 Å². The second kappa shape index (κ2) is 8.88. The summed E-state index contributed by atoms with van der Waals surface area (Å²) in [6.45, 7) is 4.47. The molecule has 1 aromatic heterocycles. The van der Waals surface area contributed by atoms with E-state index in [9.17, 15) is 5.11 Å². The number of para-hydroxylation sites is 1. The molecule has 4 rings (SSSR count). The maximum Gasteiger partial charge on any atom is 0.221 e. The number of benzene rings is 3. The SMILES string of the molecule is Cc1cccc(NC(=S)N=Nc2c(O)n(Cc3ccccc3Cl)c3ccccc23)c1C. The summed E-state index contributed by atoms with van der Waals surface area (Å²) in [7, 11) is 0. The molecule has 7 heteroatoms. The highest BCUT2D eigenvalue weighted by Crippen LogP contribution is 2.39. The molecule has 0 radical (unpaired) electrons. The topological polar surface area (TPSA) is 61.9 Å². The van der Waals surface area contributed by atoms with Crippen molar-refractivity contribution in [3.05, 3.63) is 88.4 Å². The Kier molecular flexibility index (Phi) is 6.02. The number of aromatic nitrogens is 1. The summed E-state index contributed by atoms with van der Waals surface area (Å²) >= 11 is 11.7. The van der Waals surface area contributed by atoms with Gasteiger partial charge in [-0.2, -0.15) is 0 Å². The fraction of sp³-hybridized carbons (Fsp3) is 0.125. The highest BCUT2D eigenvalue weighted by atomic mass is 35.5. The highest BCUT2D eigenvalue weighted by Gasteiger charge is 2.17. The van der Waals surface area contributed by atoms with Crippen LogP contribution in [0.25, 0.3) is 10.9 Å². The molecule has 2 N–H and O–H groups in total. The average Bonchev–Trinajstić information content (AvgIpc) is 3.02. The number of thiocarbonyl (C=S) groups is 1. The van der Waals surface area contributed by atoms with E-state index in [2.05, 4.69) is 15.5 Å². The van der Waals surface area contributed by atoms with E-state index in [0.29, 0.717) is 17.3 Å². The molecular weight excluding hydrogens is 428 g/mol. The van der Waals surface area contributed by atoms with Crippen LogP contribution in [0.5, 0.6) is 5.88 Å². The van der Waals surface area contributed by atoms with Gasteiger partial charge in [0.2, 0.25) is 11.0 Å². The van der Waals surface area contributed by atoms with Gasteiger partial charge in [-0.1, -0.05) is 60.1 Å². The normalized spacial score (nSPS) is 11.3. The molecule has 156 valence electrons. The molecule has 0 aliphatic carbocycles. The maximum absolute atomic E-state index is 11.0. The zero-order valence-electron chi connectivity index (χ0n) is 17.1. The van der Waals surface area contributed by atoms with E-state index in [1.54, 1.807) is 4.57 Å². The molecule has 0 bridgehead atoms. The first-order valence-electron chi connectivity index (χ1n) is 9.78. The third-order valence-corrected chi connectivity index (χ3v) is 5.84. The van der Waals surface area contributed by atoms with Crippen LogP contribution in [-0.4, -0.2) is 14.8 Å². The zero-order valence-corrected chi connectivity index (χ0v) is 18.7. The number of rotatable bonds is 4. The van der Waals surface area contributed by atoms with Crippen molar-refractivity contribution in [2.75, 3.05) is 5.32 Å². The third kappa shape index (κ3) is 4.31. The summed E-state index contributed by atoms with van der Waals surface area (Å²) in [5.41, 5.74) is 5.24. The number of halogens is 1. The van der Waals surface area contributed by atoms with Crippen molar-refractivity contribution in [2.45, 2.75) is 20.4 Å². The Morgan fingerprint density at radius 2 is 1.77 bits per heavy atom. The van der Waals surface area contributed by atoms with Crippen LogP contribution < -0.4 is 5.32 Å². The quantitative estimate of drug-likeness (QED) is 0.257. The minimum absolute atomic E-state index is 0.0133. The van der Waals surface area contributed by atoms with Crippen molar-refractivity contribution in [1.82, 2.24) is 4.57 Å². The van der Waals surface area contributed by atoms with Gasteiger partial charge in [-0.25, -0.2) is 0 Å². The Morgan fingerprint density at radius 3 is 2.58 bits per heavy atom. The molecule has 0 spiro atoms. The van der Waals surface area contributed by atoms with Gasteiger partial charge in [0.05, 0.1) is 12.1 Å². The van der Waals surface area contributed by atoms with E-state index in [1.165, 1.54) is 0 Å². The Bertz CT molecular complexity index is 1310. The van der Waals surface area contributed by atoms with Crippen molar-refractivity contribution in [2.24, 2.45) is 10.2 Å². The Balaban J connectivity index is 1.66. The van der Waals surface area contributed by atoms with Gasteiger partial charge in [0.25, 0.3) is 0 Å². The minimum Gasteiger partial charge on any atom is -0.493 e. The van der Waals surface area contributed by atoms with E-state index in [1.807, 2.05) is 80.6 Å². The number of fused-ring (bicyclic) bond motifs is 1. The predicted molar refractivity (Wildman–Crippen MR) is 131 cm³/mol. The number of nitrogens with zero attached hydrogens (tertiary/aromatic N) is 3. The van der Waals surface area contributed by atoms with E-state index >= 15 is 0 Å². The maximum atomic E-state index is 11.0. The van der Waals surface area contributed by atoms with Crippen LogP contribution in [0.1, 0.15) is 16.7 Å². The number of aromatic hydroxyl groups is 1. The molecule has 0 saturated heterocycles. The van der Waals surface area contributed by atoms with Gasteiger partial charge in [-0.05, 0) is 61.0 Å². The van der Waals surface area contributed by atoms with E-state index in [-0.39, 0.29) is 11.0 Å². The van der Waals surface area contributed by atoms with Crippen LogP contribution in [-0.2, 0) is 6.54 Å². The molecule has 0 amide bonds. The Morgan fingerprint density at radius 1 is 1.03 bits per heavy atom. The first-order chi connectivity index (χ1) is 15.0. The molecule has 5 nitrogen and oxygen atoms in total. The molecule has 0 fully saturated rings. The monoisotopic (exact) mass is 448 g/mol. The molecule has 0 aliphatic heterocycles. The average molecular weight is 449 g/mol. The molecule has 0 saturated carbocycles. The number of hydrogen-bond donors (Lipinski definition) is 2. The van der Waals surface area contributed by atoms with Gasteiger partial charge in [0, 0.05) is 16.1 Å². The first kappa shape index (κ1) is 21.0. The van der Waals surface area contributed by atoms with Crippen LogP contribution >= 0.6 is 23.8 Å². The fourth-order valence-corrected chi connectivity index (χ4v) is 3.80. The number of aryl methyl sites for hydroxylation is 1. The standard InChI is InChI=1S/C24H21ClN4OS/c1-15-8-7-12-20(16(15)2)26-24(31)28-27-22-18-10-4-6-13-21(18)29(23(22)30)14-17-9-3-5-11-19(17)25/h3-13,30H,14H2,1-2H3,(H,26,31). The summed E-state index contributed by atoms with van der Waals surface area (Å²) in [4.78, 5) is 0. The Labute approximate surface area is 191 Å². The van der Waals surface area contributed by atoms with Crippen molar-refractivity contribution in [3.8, 4) is 5.88 Å². The molecule has 3 aromatic carbocycles. The molecular formula is C24H21ClN4OS. The smallest absolute Gasteiger partial charge is 0.221 e. The highest BCUT2D eigenvalue weighted by molar-refractivity contribution is 7.80. The molecule has 0 atom stereocenters.